The molecule has 34 heavy (non-hydrogen) atoms. The first kappa shape index (κ1) is 26.0. The lowest BCUT2D eigenvalue weighted by molar-refractivity contribution is -0.137. The quantitative estimate of drug-likeness (QED) is 0.269. The second-order valence-corrected chi connectivity index (χ2v) is 10.9. The lowest BCUT2D eigenvalue weighted by Gasteiger charge is -2.18. The summed E-state index contributed by atoms with van der Waals surface area (Å²) in [6.45, 7) is -0.598. The number of halogens is 6. The number of hydrogen-bond donors (Lipinski definition) is 3. The Hall–Kier alpha value is -2.58. The molecule has 2 aromatic carbocycles. The van der Waals surface area contributed by atoms with E-state index >= 15 is 0 Å². The zero-order valence-corrected chi connectivity index (χ0v) is 19.0. The lowest BCUT2D eigenvalue weighted by atomic mass is 10.1. The number of carbonyl (C=O) groups excluding carboxylic acids is 1. The van der Waals surface area contributed by atoms with E-state index in [2.05, 4.69) is 10.3 Å². The van der Waals surface area contributed by atoms with Crippen LogP contribution in [0.25, 0.3) is 0 Å². The van der Waals surface area contributed by atoms with Crippen LogP contribution in [0.15, 0.2) is 52.4 Å². The first-order chi connectivity index (χ1) is 15.8. The van der Waals surface area contributed by atoms with Crippen LogP contribution in [0, 0.1) is 0 Å². The normalized spacial score (nSPS) is 16.9. The summed E-state index contributed by atoms with van der Waals surface area (Å²) in [4.78, 5) is 17.6. The van der Waals surface area contributed by atoms with Crippen molar-refractivity contribution in [3.05, 3.63) is 59.2 Å². The van der Waals surface area contributed by atoms with Gasteiger partial charge in [-0.3, -0.25) is 9.79 Å². The Morgan fingerprint density at radius 1 is 0.971 bits per heavy atom. The summed E-state index contributed by atoms with van der Waals surface area (Å²) in [5, 5.41) is 2.54. The number of aliphatic imine (C=N–C) groups is 1. The third-order valence-electron chi connectivity index (χ3n) is 4.75. The Labute approximate surface area is 193 Å². The van der Waals surface area contributed by atoms with Crippen LogP contribution in [0.2, 0.25) is 0 Å². The zero-order chi connectivity index (χ0) is 25.1. The molecule has 186 valence electrons. The fraction of sp³-hybridized carbons (Fsp3) is 0.300. The van der Waals surface area contributed by atoms with Crippen LogP contribution >= 0.6 is 10.9 Å². The molecular formula is C20H19F6N3O3S2. The van der Waals surface area contributed by atoms with Gasteiger partial charge in [0.25, 0.3) is 5.91 Å². The van der Waals surface area contributed by atoms with Gasteiger partial charge in [-0.2, -0.15) is 37.2 Å². The number of nitrogens with zero attached hydrogens (tertiary/aromatic N) is 1. The molecular weight excluding hydrogens is 508 g/mol. The molecule has 1 atom stereocenters. The summed E-state index contributed by atoms with van der Waals surface area (Å²) in [7, 11) is -6.57. The van der Waals surface area contributed by atoms with Gasteiger partial charge in [0, 0.05) is 29.3 Å². The van der Waals surface area contributed by atoms with Crippen molar-refractivity contribution in [2.75, 3.05) is 13.1 Å². The Kier molecular flexibility index (Phi) is 7.62. The highest BCUT2D eigenvalue weighted by molar-refractivity contribution is 8.28. The molecule has 1 heterocycles. The molecule has 6 nitrogen and oxygen atoms in total. The number of rotatable bonds is 8. The molecule has 0 aromatic heterocycles. The molecule has 2 aromatic rings. The van der Waals surface area contributed by atoms with Crippen LogP contribution in [0.3, 0.4) is 0 Å². The number of hydrogen-bond acceptors (Lipinski definition) is 4. The molecule has 0 saturated carbocycles. The highest BCUT2D eigenvalue weighted by atomic mass is 32.2. The van der Waals surface area contributed by atoms with Gasteiger partial charge >= 0.3 is 21.7 Å². The smallest absolute Gasteiger partial charge is 0.352 e. The Balaban J connectivity index is 1.62. The van der Waals surface area contributed by atoms with E-state index in [0.717, 1.165) is 12.1 Å². The van der Waals surface area contributed by atoms with Crippen LogP contribution in [-0.2, 0) is 22.0 Å². The molecule has 1 aliphatic heterocycles. The molecule has 0 radical (unpaired) electrons. The average molecular weight is 528 g/mol. The first-order valence-corrected chi connectivity index (χ1v) is 12.8. The van der Waals surface area contributed by atoms with E-state index in [1.165, 1.54) is 16.9 Å². The van der Waals surface area contributed by atoms with Gasteiger partial charge in [0.1, 0.15) is 0 Å². The summed E-state index contributed by atoms with van der Waals surface area (Å²) >= 11 is 0. The van der Waals surface area contributed by atoms with Crippen molar-refractivity contribution in [3.63, 3.8) is 0 Å². The van der Waals surface area contributed by atoms with Gasteiger partial charge in [-0.1, -0.05) is 18.2 Å². The largest absolute Gasteiger partial charge is 0.511 e. The molecule has 0 saturated heterocycles. The highest BCUT2D eigenvalue weighted by Crippen LogP contribution is 2.49. The number of nitrogens with one attached hydrogen (secondary N) is 2. The molecule has 0 fully saturated rings. The van der Waals surface area contributed by atoms with Crippen LogP contribution in [0.5, 0.6) is 0 Å². The van der Waals surface area contributed by atoms with Gasteiger partial charge in [-0.05, 0) is 36.2 Å². The van der Waals surface area contributed by atoms with Crippen molar-refractivity contribution in [2.24, 2.45) is 4.99 Å². The number of fused-ring (bicyclic) bond motifs is 1. The summed E-state index contributed by atoms with van der Waals surface area (Å²) in [6.07, 6.45) is -4.52. The highest BCUT2D eigenvalue weighted by Gasteiger charge is 2.45. The van der Waals surface area contributed by atoms with Crippen molar-refractivity contribution >= 4 is 38.1 Å². The number of carbonyl (C=O) groups is 1. The predicted molar refractivity (Wildman–Crippen MR) is 117 cm³/mol. The number of thiol groups is 1. The molecule has 0 spiro atoms. The third kappa shape index (κ3) is 6.10. The van der Waals surface area contributed by atoms with Gasteiger partial charge in [0.2, 0.25) is 0 Å². The maximum absolute atomic E-state index is 12.8. The van der Waals surface area contributed by atoms with Crippen LogP contribution in [0.1, 0.15) is 27.9 Å². The topological polar surface area (TPSA) is 87.6 Å². The van der Waals surface area contributed by atoms with E-state index in [1.54, 1.807) is 23.7 Å². The van der Waals surface area contributed by atoms with E-state index in [4.69, 9.17) is 0 Å². The Morgan fingerprint density at radius 3 is 2.26 bits per heavy atom. The number of benzene rings is 2. The van der Waals surface area contributed by atoms with Crippen LogP contribution < -0.4 is 10.0 Å². The predicted octanol–water partition coefficient (Wildman–Crippen LogP) is 4.50. The molecule has 1 amide bonds. The van der Waals surface area contributed by atoms with E-state index in [1.807, 2.05) is 0 Å². The molecule has 1 aliphatic rings. The second kappa shape index (κ2) is 9.96. The standard InChI is InChI=1S/C20H19F6N3O3S2/c21-19(22,23)14-7-5-13(6-8-14)11-33-12-28-16-4-1-3-15(17(16)33)18(30)27-9-2-10-29-34(31,32)20(24,25)26/h1,3-8,12,29,33H,2,9-11H2,(H,27,30). The van der Waals surface area contributed by atoms with Gasteiger partial charge in [0.15, 0.2) is 0 Å². The number of alkyl halides is 6. The van der Waals surface area contributed by atoms with Crippen molar-refractivity contribution in [2.45, 2.75) is 28.8 Å². The van der Waals surface area contributed by atoms with E-state index in [9.17, 15) is 39.6 Å². The fourth-order valence-corrected chi connectivity index (χ4v) is 5.81. The minimum absolute atomic E-state index is 0.0765. The summed E-state index contributed by atoms with van der Waals surface area (Å²) in [5.74, 6) is -0.144. The molecule has 0 bridgehead atoms. The maximum atomic E-state index is 12.8. The molecule has 2 N–H and O–H groups in total. The number of amides is 1. The van der Waals surface area contributed by atoms with E-state index < -0.39 is 50.6 Å². The lowest BCUT2D eigenvalue weighted by Crippen LogP contribution is -2.38. The monoisotopic (exact) mass is 527 g/mol. The van der Waals surface area contributed by atoms with Gasteiger partial charge < -0.3 is 5.32 Å². The van der Waals surface area contributed by atoms with Crippen molar-refractivity contribution in [1.29, 1.82) is 0 Å². The van der Waals surface area contributed by atoms with Crippen LogP contribution in [-0.4, -0.2) is 38.5 Å². The second-order valence-electron chi connectivity index (χ2n) is 7.19. The fourth-order valence-electron chi connectivity index (χ4n) is 3.10. The number of sulfonamides is 1. The van der Waals surface area contributed by atoms with Crippen molar-refractivity contribution in [1.82, 2.24) is 10.0 Å². The van der Waals surface area contributed by atoms with Gasteiger partial charge in [-0.15, -0.1) is 0 Å². The van der Waals surface area contributed by atoms with E-state index in [0.29, 0.717) is 27.5 Å². The Morgan fingerprint density at radius 2 is 1.65 bits per heavy atom. The molecule has 3 rings (SSSR count). The minimum atomic E-state index is -5.45. The van der Waals surface area contributed by atoms with Crippen molar-refractivity contribution < 1.29 is 39.6 Å². The van der Waals surface area contributed by atoms with Gasteiger partial charge in [0.05, 0.1) is 16.8 Å². The maximum Gasteiger partial charge on any atom is 0.511 e. The molecule has 1 unspecified atom stereocenters. The van der Waals surface area contributed by atoms with E-state index in [-0.39, 0.29) is 13.0 Å². The zero-order valence-electron chi connectivity index (χ0n) is 17.2. The van der Waals surface area contributed by atoms with Crippen molar-refractivity contribution in [3.8, 4) is 0 Å². The van der Waals surface area contributed by atoms with Gasteiger partial charge in [-0.25, -0.2) is 13.1 Å². The molecule has 0 aliphatic carbocycles. The summed E-state index contributed by atoms with van der Waals surface area (Å²) in [5.41, 5.74) is -3.01. The van der Waals surface area contributed by atoms with Crippen LogP contribution in [0.4, 0.5) is 32.0 Å². The third-order valence-corrected chi connectivity index (χ3v) is 8.09. The Bertz CT molecular complexity index is 1180. The average Bonchev–Trinajstić information content (AvgIpc) is 3.15. The SMILES string of the molecule is O=C(NCCCNS(=O)(=O)C(F)(F)F)c1cccc2c1[SH](Cc1ccc(C(F)(F)F)cc1)C=N2. The molecule has 14 heteroatoms. The summed E-state index contributed by atoms with van der Waals surface area (Å²) < 4.78 is 98.6. The summed E-state index contributed by atoms with van der Waals surface area (Å²) in [6, 6.07) is 9.60. The minimum Gasteiger partial charge on any atom is -0.352 e. The first-order valence-electron chi connectivity index (χ1n) is 9.74.